The van der Waals surface area contributed by atoms with Crippen molar-refractivity contribution in [2.45, 2.75) is 130 Å². The van der Waals surface area contributed by atoms with Crippen LogP contribution in [0.4, 0.5) is 0 Å². The number of unbranched alkanes of at least 4 members (excludes halogenated alkanes) is 8. The number of hydrogen-bond donors (Lipinski definition) is 0. The van der Waals surface area contributed by atoms with Crippen molar-refractivity contribution in [2.75, 3.05) is 0 Å². The maximum Gasteiger partial charge on any atom is 0.333 e. The minimum Gasteiger partial charge on any atom is -0.459 e. The van der Waals surface area contributed by atoms with Crippen LogP contribution in [0.5, 0.6) is 0 Å². The van der Waals surface area contributed by atoms with Crippen LogP contribution in [0.1, 0.15) is 124 Å². The van der Waals surface area contributed by atoms with Gasteiger partial charge < -0.3 is 4.74 Å². The van der Waals surface area contributed by atoms with Crippen molar-refractivity contribution in [2.24, 2.45) is 5.92 Å². The van der Waals surface area contributed by atoms with E-state index in [1.54, 1.807) is 6.92 Å². The predicted octanol–water partition coefficient (Wildman–Crippen LogP) is 8.56. The van der Waals surface area contributed by atoms with E-state index in [4.69, 9.17) is 4.74 Å². The van der Waals surface area contributed by atoms with Crippen molar-refractivity contribution >= 4 is 5.97 Å². The summed E-state index contributed by atoms with van der Waals surface area (Å²) in [5.41, 5.74) is 0.518. The Morgan fingerprint density at radius 3 is 2.07 bits per heavy atom. The Bertz CT molecular complexity index is 411. The van der Waals surface area contributed by atoms with E-state index in [9.17, 15) is 4.79 Å². The van der Waals surface area contributed by atoms with Crippen molar-refractivity contribution in [3.8, 4) is 0 Å². The molecule has 2 atom stereocenters. The Kier molecular flexibility index (Phi) is 18.6. The third-order valence-corrected chi connectivity index (χ3v) is 5.48. The van der Waals surface area contributed by atoms with Gasteiger partial charge in [-0.05, 0) is 57.8 Å². The molecule has 2 nitrogen and oxygen atoms in total. The molecule has 0 heterocycles. The van der Waals surface area contributed by atoms with Crippen LogP contribution in [-0.4, -0.2) is 12.1 Å². The van der Waals surface area contributed by atoms with Gasteiger partial charge in [-0.25, -0.2) is 4.79 Å². The monoisotopic (exact) mass is 392 g/mol. The summed E-state index contributed by atoms with van der Waals surface area (Å²) in [5.74, 6) is 0.281. The summed E-state index contributed by atoms with van der Waals surface area (Å²) in [5, 5.41) is 0. The molecule has 2 heteroatoms. The fraction of sp³-hybridized carbons (Fsp3) is 0.808. The van der Waals surface area contributed by atoms with Gasteiger partial charge in [-0.3, -0.25) is 0 Å². The molecule has 0 rings (SSSR count). The van der Waals surface area contributed by atoms with Gasteiger partial charge in [-0.1, -0.05) is 90.9 Å². The van der Waals surface area contributed by atoms with E-state index in [2.05, 4.69) is 39.5 Å². The van der Waals surface area contributed by atoms with Crippen LogP contribution in [0.25, 0.3) is 0 Å². The van der Waals surface area contributed by atoms with Gasteiger partial charge in [0.2, 0.25) is 0 Å². The number of allylic oxidation sites excluding steroid dienone is 2. The Morgan fingerprint density at radius 2 is 1.46 bits per heavy atom. The zero-order valence-corrected chi connectivity index (χ0v) is 19.4. The number of ether oxygens (including phenoxy) is 1. The summed E-state index contributed by atoms with van der Waals surface area (Å²) in [6.45, 7) is 12.2. The van der Waals surface area contributed by atoms with Crippen LogP contribution in [-0.2, 0) is 9.53 Å². The highest BCUT2D eigenvalue weighted by Crippen LogP contribution is 2.27. The highest BCUT2D eigenvalue weighted by atomic mass is 16.5. The van der Waals surface area contributed by atoms with Crippen LogP contribution in [0.2, 0.25) is 0 Å². The second-order valence-electron chi connectivity index (χ2n) is 8.35. The number of hydrogen-bond acceptors (Lipinski definition) is 2. The molecule has 164 valence electrons. The molecular formula is C26H48O2. The molecule has 0 amide bonds. The normalized spacial score (nSPS) is 13.6. The van der Waals surface area contributed by atoms with Crippen LogP contribution in [0, 0.1) is 5.92 Å². The molecule has 28 heavy (non-hydrogen) atoms. The highest BCUT2D eigenvalue weighted by Gasteiger charge is 2.24. The van der Waals surface area contributed by atoms with Crippen molar-refractivity contribution in [1.29, 1.82) is 0 Å². The molecule has 0 aliphatic heterocycles. The van der Waals surface area contributed by atoms with Gasteiger partial charge in [0.1, 0.15) is 6.10 Å². The fourth-order valence-corrected chi connectivity index (χ4v) is 3.77. The minimum absolute atomic E-state index is 0.0611. The Balaban J connectivity index is 4.54. The predicted molar refractivity (Wildman–Crippen MR) is 124 cm³/mol. The molecule has 0 aliphatic carbocycles. The van der Waals surface area contributed by atoms with Gasteiger partial charge in [0.05, 0.1) is 0 Å². The lowest BCUT2D eigenvalue weighted by atomic mass is 9.88. The van der Waals surface area contributed by atoms with Crippen molar-refractivity contribution < 1.29 is 9.53 Å². The summed E-state index contributed by atoms with van der Waals surface area (Å²) < 4.78 is 5.91. The van der Waals surface area contributed by atoms with Crippen molar-refractivity contribution in [3.05, 3.63) is 24.3 Å². The molecule has 0 saturated heterocycles. The third-order valence-electron chi connectivity index (χ3n) is 5.48. The molecule has 0 N–H and O–H groups in total. The van der Waals surface area contributed by atoms with Gasteiger partial charge >= 0.3 is 5.97 Å². The summed E-state index contributed by atoms with van der Waals surface area (Å²) in [6.07, 6.45) is 22.9. The first-order valence-corrected chi connectivity index (χ1v) is 12.1. The second-order valence-corrected chi connectivity index (χ2v) is 8.35. The zero-order chi connectivity index (χ0) is 21.0. The maximum absolute atomic E-state index is 12.2. The summed E-state index contributed by atoms with van der Waals surface area (Å²) in [4.78, 5) is 12.2. The lowest BCUT2D eigenvalue weighted by Crippen LogP contribution is -2.27. The first kappa shape index (κ1) is 27.0. The largest absolute Gasteiger partial charge is 0.459 e. The van der Waals surface area contributed by atoms with E-state index in [0.717, 1.165) is 25.7 Å². The summed E-state index contributed by atoms with van der Waals surface area (Å²) in [6, 6.07) is 0. The number of esters is 1. The Morgan fingerprint density at radius 1 is 0.821 bits per heavy atom. The first-order valence-electron chi connectivity index (χ1n) is 12.1. The van der Waals surface area contributed by atoms with Gasteiger partial charge in [-0.15, -0.1) is 0 Å². The Hall–Kier alpha value is -1.05. The van der Waals surface area contributed by atoms with Gasteiger partial charge in [0.15, 0.2) is 0 Å². The van der Waals surface area contributed by atoms with Crippen molar-refractivity contribution in [1.82, 2.24) is 0 Å². The summed E-state index contributed by atoms with van der Waals surface area (Å²) in [7, 11) is 0. The quantitative estimate of drug-likeness (QED) is 0.0952. The maximum atomic E-state index is 12.2. The van der Waals surface area contributed by atoms with Gasteiger partial charge in [0.25, 0.3) is 0 Å². The lowest BCUT2D eigenvalue weighted by molar-refractivity contribution is -0.147. The zero-order valence-electron chi connectivity index (χ0n) is 19.4. The molecule has 0 aromatic heterocycles. The third kappa shape index (κ3) is 14.9. The van der Waals surface area contributed by atoms with Crippen LogP contribution in [0.15, 0.2) is 24.3 Å². The fourth-order valence-electron chi connectivity index (χ4n) is 3.77. The molecular weight excluding hydrogens is 344 g/mol. The molecule has 2 unspecified atom stereocenters. The molecule has 0 saturated carbocycles. The van der Waals surface area contributed by atoms with Crippen LogP contribution >= 0.6 is 0 Å². The van der Waals surface area contributed by atoms with Crippen molar-refractivity contribution in [3.63, 3.8) is 0 Å². The van der Waals surface area contributed by atoms with E-state index >= 15 is 0 Å². The number of rotatable bonds is 19. The molecule has 0 spiro atoms. The molecule has 0 aliphatic rings. The SMILES string of the molecule is C=C(C)C(=O)OC(CCCCCCCCC)C(CCC)CCCC/C=C/CC. The average Bonchev–Trinajstić information content (AvgIpc) is 2.68. The van der Waals surface area contributed by atoms with Crippen LogP contribution in [0.3, 0.4) is 0 Å². The first-order chi connectivity index (χ1) is 13.6. The van der Waals surface area contributed by atoms with Gasteiger partial charge in [-0.2, -0.15) is 0 Å². The number of carbonyl (C=O) groups is 1. The summed E-state index contributed by atoms with van der Waals surface area (Å²) >= 11 is 0. The number of carbonyl (C=O) groups excluding carboxylic acids is 1. The smallest absolute Gasteiger partial charge is 0.333 e. The van der Waals surface area contributed by atoms with Crippen LogP contribution < -0.4 is 0 Å². The topological polar surface area (TPSA) is 26.3 Å². The lowest BCUT2D eigenvalue weighted by Gasteiger charge is -2.27. The highest BCUT2D eigenvalue weighted by molar-refractivity contribution is 5.87. The second kappa shape index (κ2) is 19.3. The van der Waals surface area contributed by atoms with E-state index in [1.165, 1.54) is 70.6 Å². The molecule has 0 bridgehead atoms. The molecule has 0 radical (unpaired) electrons. The van der Waals surface area contributed by atoms with E-state index in [1.807, 2.05) is 0 Å². The minimum atomic E-state index is -0.208. The molecule has 0 aromatic rings. The molecule has 0 fully saturated rings. The van der Waals surface area contributed by atoms with Gasteiger partial charge in [0, 0.05) is 5.57 Å². The van der Waals surface area contributed by atoms with E-state index in [-0.39, 0.29) is 12.1 Å². The standard InChI is InChI=1S/C26H48O2/c1-6-9-11-13-15-17-19-22-25(28-26(27)23(4)5)24(20-8-3)21-18-16-14-12-10-7-2/h10,12,24-25H,4,6-9,11,13-22H2,1-3,5H3/b12-10+. The van der Waals surface area contributed by atoms with E-state index in [0.29, 0.717) is 11.5 Å². The molecule has 0 aromatic carbocycles. The average molecular weight is 393 g/mol. The Labute approximate surface area is 176 Å². The van der Waals surface area contributed by atoms with E-state index < -0.39 is 0 Å².